The van der Waals surface area contributed by atoms with Crippen LogP contribution in [0.2, 0.25) is 0 Å². The van der Waals surface area contributed by atoms with Gasteiger partial charge >= 0.3 is 0 Å². The van der Waals surface area contributed by atoms with E-state index in [9.17, 15) is 4.79 Å². The molecular formula is C24H22N2O4. The molecule has 0 aliphatic rings. The first-order valence-electron chi connectivity index (χ1n) is 9.50. The lowest BCUT2D eigenvalue weighted by atomic mass is 10.1. The monoisotopic (exact) mass is 402 g/mol. The van der Waals surface area contributed by atoms with Crippen molar-refractivity contribution in [1.82, 2.24) is 4.98 Å². The largest absolute Gasteiger partial charge is 0.493 e. The van der Waals surface area contributed by atoms with Crippen LogP contribution in [0.5, 0.6) is 11.5 Å². The molecule has 0 bridgehead atoms. The Morgan fingerprint density at radius 3 is 2.43 bits per heavy atom. The Kier molecular flexibility index (Phi) is 5.14. The third-order valence-corrected chi connectivity index (χ3v) is 5.05. The summed E-state index contributed by atoms with van der Waals surface area (Å²) in [5.74, 6) is 1.52. The lowest BCUT2D eigenvalue weighted by molar-refractivity contribution is 0.102. The van der Waals surface area contributed by atoms with Crippen molar-refractivity contribution in [1.29, 1.82) is 0 Å². The smallest absolute Gasteiger partial charge is 0.255 e. The van der Waals surface area contributed by atoms with Crippen molar-refractivity contribution in [3.63, 3.8) is 0 Å². The number of carbonyl (C=O) groups excluding carboxylic acids is 1. The number of carbonyl (C=O) groups is 1. The Hall–Kier alpha value is -3.80. The summed E-state index contributed by atoms with van der Waals surface area (Å²) in [5, 5.41) is 2.92. The number of anilines is 1. The van der Waals surface area contributed by atoms with Gasteiger partial charge in [-0.3, -0.25) is 4.79 Å². The molecule has 1 N–H and O–H groups in total. The maximum atomic E-state index is 12.6. The van der Waals surface area contributed by atoms with E-state index in [4.69, 9.17) is 13.9 Å². The van der Waals surface area contributed by atoms with Crippen LogP contribution in [0.25, 0.3) is 22.6 Å². The second-order valence-corrected chi connectivity index (χ2v) is 7.02. The van der Waals surface area contributed by atoms with Crippen molar-refractivity contribution in [2.24, 2.45) is 0 Å². The summed E-state index contributed by atoms with van der Waals surface area (Å²) in [6, 6.07) is 16.5. The van der Waals surface area contributed by atoms with Crippen molar-refractivity contribution < 1.29 is 18.7 Å². The molecule has 0 saturated heterocycles. The quantitative estimate of drug-likeness (QED) is 0.485. The minimum Gasteiger partial charge on any atom is -0.493 e. The number of nitrogens with one attached hydrogen (secondary N) is 1. The number of hydrogen-bond acceptors (Lipinski definition) is 5. The predicted molar refractivity (Wildman–Crippen MR) is 116 cm³/mol. The Bertz CT molecular complexity index is 1240. The molecule has 0 aliphatic heterocycles. The van der Waals surface area contributed by atoms with Crippen LogP contribution in [-0.4, -0.2) is 25.1 Å². The first-order chi connectivity index (χ1) is 14.5. The van der Waals surface area contributed by atoms with Crippen molar-refractivity contribution >= 4 is 22.7 Å². The number of aromatic nitrogens is 1. The van der Waals surface area contributed by atoms with Gasteiger partial charge in [0.05, 0.1) is 14.2 Å². The van der Waals surface area contributed by atoms with E-state index in [2.05, 4.69) is 10.3 Å². The number of rotatable bonds is 5. The van der Waals surface area contributed by atoms with Crippen LogP contribution in [0.4, 0.5) is 5.69 Å². The minimum absolute atomic E-state index is 0.166. The number of benzene rings is 3. The molecule has 0 radical (unpaired) electrons. The Morgan fingerprint density at radius 2 is 1.70 bits per heavy atom. The number of nitrogens with zero attached hydrogens (tertiary/aromatic N) is 1. The van der Waals surface area contributed by atoms with Gasteiger partial charge in [0, 0.05) is 16.8 Å². The van der Waals surface area contributed by atoms with Crippen LogP contribution in [0.1, 0.15) is 21.5 Å². The molecule has 4 rings (SSSR count). The summed E-state index contributed by atoms with van der Waals surface area (Å²) in [4.78, 5) is 17.2. The molecule has 0 saturated carbocycles. The molecule has 1 heterocycles. The van der Waals surface area contributed by atoms with Crippen LogP contribution in [0.15, 0.2) is 59.0 Å². The molecule has 30 heavy (non-hydrogen) atoms. The van der Waals surface area contributed by atoms with Crippen LogP contribution < -0.4 is 14.8 Å². The van der Waals surface area contributed by atoms with Gasteiger partial charge in [-0.25, -0.2) is 4.98 Å². The summed E-state index contributed by atoms with van der Waals surface area (Å²) in [6.45, 7) is 4.01. The highest BCUT2D eigenvalue weighted by Gasteiger charge is 2.13. The van der Waals surface area contributed by atoms with Crippen LogP contribution in [0.3, 0.4) is 0 Å². The van der Waals surface area contributed by atoms with Gasteiger partial charge in [0.1, 0.15) is 5.52 Å². The first kappa shape index (κ1) is 19.5. The Labute approximate surface area is 174 Å². The number of hydrogen-bond donors (Lipinski definition) is 1. The predicted octanol–water partition coefficient (Wildman–Crippen LogP) is 5.38. The van der Waals surface area contributed by atoms with E-state index in [1.54, 1.807) is 38.5 Å². The van der Waals surface area contributed by atoms with E-state index in [1.807, 2.05) is 44.2 Å². The summed E-state index contributed by atoms with van der Waals surface area (Å²) in [6.07, 6.45) is 0. The van der Waals surface area contributed by atoms with Crippen LogP contribution in [-0.2, 0) is 0 Å². The highest BCUT2D eigenvalue weighted by Crippen LogP contribution is 2.33. The van der Waals surface area contributed by atoms with E-state index in [1.165, 1.54) is 0 Å². The Morgan fingerprint density at radius 1 is 0.900 bits per heavy atom. The normalized spacial score (nSPS) is 10.8. The molecular weight excluding hydrogens is 380 g/mol. The molecule has 0 unspecified atom stereocenters. The van der Waals surface area contributed by atoms with Crippen molar-refractivity contribution in [2.75, 3.05) is 19.5 Å². The fourth-order valence-electron chi connectivity index (χ4n) is 3.18. The maximum absolute atomic E-state index is 12.6. The minimum atomic E-state index is -0.166. The number of fused-ring (bicyclic) bond motifs is 1. The molecule has 0 aliphatic carbocycles. The molecule has 0 fully saturated rings. The van der Waals surface area contributed by atoms with Gasteiger partial charge in [-0.2, -0.15) is 0 Å². The number of methoxy groups -OCH3 is 2. The van der Waals surface area contributed by atoms with Gasteiger partial charge in [0.25, 0.3) is 5.91 Å². The van der Waals surface area contributed by atoms with Gasteiger partial charge in [-0.05, 0) is 73.5 Å². The molecule has 4 aromatic rings. The fourth-order valence-corrected chi connectivity index (χ4v) is 3.18. The summed E-state index contributed by atoms with van der Waals surface area (Å²) >= 11 is 0. The average molecular weight is 402 g/mol. The second-order valence-electron chi connectivity index (χ2n) is 7.02. The van der Waals surface area contributed by atoms with E-state index in [-0.39, 0.29) is 5.91 Å². The summed E-state index contributed by atoms with van der Waals surface area (Å²) in [7, 11) is 3.17. The SMILES string of the molecule is COc1ccc(-c2nc3cc(NC(=O)c4ccc(C)c(C)c4)ccc3o2)cc1OC. The molecule has 3 aromatic carbocycles. The van der Waals surface area contributed by atoms with E-state index < -0.39 is 0 Å². The average Bonchev–Trinajstić information content (AvgIpc) is 3.18. The maximum Gasteiger partial charge on any atom is 0.255 e. The summed E-state index contributed by atoms with van der Waals surface area (Å²) < 4.78 is 16.5. The number of oxazole rings is 1. The standard InChI is InChI=1S/C24H22N2O4/c1-14-5-6-16(11-15(14)2)23(27)25-18-8-10-20-19(13-18)26-24(30-20)17-7-9-21(28-3)22(12-17)29-4/h5-13H,1-4H3,(H,25,27). The van der Waals surface area contributed by atoms with Gasteiger partial charge in [-0.1, -0.05) is 6.07 Å². The first-order valence-corrected chi connectivity index (χ1v) is 9.50. The number of aryl methyl sites for hydroxylation is 2. The lowest BCUT2D eigenvalue weighted by Gasteiger charge is -2.07. The van der Waals surface area contributed by atoms with Gasteiger partial charge in [0.15, 0.2) is 17.1 Å². The zero-order valence-corrected chi connectivity index (χ0v) is 17.3. The summed E-state index contributed by atoms with van der Waals surface area (Å²) in [5.41, 5.74) is 5.54. The van der Waals surface area contributed by atoms with Gasteiger partial charge < -0.3 is 19.2 Å². The third-order valence-electron chi connectivity index (χ3n) is 5.05. The topological polar surface area (TPSA) is 73.6 Å². The Balaban J connectivity index is 1.61. The van der Waals surface area contributed by atoms with Gasteiger partial charge in [0.2, 0.25) is 5.89 Å². The molecule has 6 heteroatoms. The fraction of sp³-hybridized carbons (Fsp3) is 0.167. The number of amides is 1. The zero-order valence-electron chi connectivity index (χ0n) is 17.3. The van der Waals surface area contributed by atoms with Crippen LogP contribution >= 0.6 is 0 Å². The molecule has 1 amide bonds. The van der Waals surface area contributed by atoms with E-state index >= 15 is 0 Å². The highest BCUT2D eigenvalue weighted by atomic mass is 16.5. The van der Waals surface area contributed by atoms with Crippen molar-refractivity contribution in [3.8, 4) is 23.0 Å². The molecule has 152 valence electrons. The highest BCUT2D eigenvalue weighted by molar-refractivity contribution is 6.05. The molecule has 6 nitrogen and oxygen atoms in total. The third kappa shape index (κ3) is 3.72. The second kappa shape index (κ2) is 7.91. The van der Waals surface area contributed by atoms with E-state index in [0.29, 0.717) is 39.7 Å². The zero-order chi connectivity index (χ0) is 21.3. The molecule has 0 atom stereocenters. The van der Waals surface area contributed by atoms with Crippen molar-refractivity contribution in [3.05, 3.63) is 71.3 Å². The molecule has 0 spiro atoms. The lowest BCUT2D eigenvalue weighted by Crippen LogP contribution is -2.12. The van der Waals surface area contributed by atoms with E-state index in [0.717, 1.165) is 16.7 Å². The van der Waals surface area contributed by atoms with Gasteiger partial charge in [-0.15, -0.1) is 0 Å². The number of ether oxygens (including phenoxy) is 2. The van der Waals surface area contributed by atoms with Crippen molar-refractivity contribution in [2.45, 2.75) is 13.8 Å². The van der Waals surface area contributed by atoms with Crippen LogP contribution in [0, 0.1) is 13.8 Å². The molecule has 1 aromatic heterocycles.